The number of hydrogen-bond acceptors (Lipinski definition) is 3. The maximum Gasteiger partial charge on any atom is 0.290 e. The fourth-order valence-corrected chi connectivity index (χ4v) is 4.36. The number of imidazole rings is 1. The minimum absolute atomic E-state index is 0.00921. The molecule has 5 nitrogen and oxygen atoms in total. The number of aryl methyl sites for hydroxylation is 1. The summed E-state index contributed by atoms with van der Waals surface area (Å²) in [6.07, 6.45) is 17.3. The zero-order valence-electron chi connectivity index (χ0n) is 15.9. The fraction of sp³-hybridized carbons (Fsp3) is 0.667. The molecule has 3 rings (SSSR count). The van der Waals surface area contributed by atoms with Crippen molar-refractivity contribution in [3.05, 3.63) is 30.4 Å². The molecule has 1 aliphatic heterocycles. The van der Waals surface area contributed by atoms with E-state index in [1.54, 1.807) is 12.5 Å². The van der Waals surface area contributed by atoms with Crippen LogP contribution >= 0.6 is 0 Å². The molecule has 26 heavy (non-hydrogen) atoms. The molecule has 1 saturated heterocycles. The van der Waals surface area contributed by atoms with E-state index >= 15 is 0 Å². The summed E-state index contributed by atoms with van der Waals surface area (Å²) in [5, 5.41) is 0. The predicted molar refractivity (Wildman–Crippen MR) is 102 cm³/mol. The molecule has 2 atom stereocenters. The van der Waals surface area contributed by atoms with Gasteiger partial charge in [-0.1, -0.05) is 37.8 Å². The van der Waals surface area contributed by atoms with Gasteiger partial charge in [0.05, 0.1) is 18.3 Å². The number of Topliss-reactive ketones (excluding diaryl/α,β-unsaturated/α-hetero) is 1. The zero-order valence-corrected chi connectivity index (χ0v) is 15.9. The highest BCUT2D eigenvalue weighted by molar-refractivity contribution is 6.39. The average molecular weight is 357 g/mol. The first kappa shape index (κ1) is 18.9. The van der Waals surface area contributed by atoms with Crippen molar-refractivity contribution in [3.8, 4) is 0 Å². The summed E-state index contributed by atoms with van der Waals surface area (Å²) in [7, 11) is 0. The maximum atomic E-state index is 12.7. The van der Waals surface area contributed by atoms with Crippen molar-refractivity contribution in [1.29, 1.82) is 0 Å². The second kappa shape index (κ2) is 9.15. The highest BCUT2D eigenvalue weighted by atomic mass is 16.2. The number of allylic oxidation sites excluding steroid dienone is 1. The Morgan fingerprint density at radius 3 is 2.73 bits per heavy atom. The Kier molecular flexibility index (Phi) is 6.64. The van der Waals surface area contributed by atoms with Crippen LogP contribution in [-0.2, 0) is 16.1 Å². The van der Waals surface area contributed by atoms with Crippen LogP contribution in [0.25, 0.3) is 0 Å². The molecule has 0 saturated carbocycles. The van der Waals surface area contributed by atoms with Crippen LogP contribution in [0, 0.1) is 5.92 Å². The highest BCUT2D eigenvalue weighted by Gasteiger charge is 2.47. The van der Waals surface area contributed by atoms with Gasteiger partial charge in [0.25, 0.3) is 5.91 Å². The van der Waals surface area contributed by atoms with Gasteiger partial charge < -0.3 is 9.47 Å². The van der Waals surface area contributed by atoms with E-state index in [1.807, 2.05) is 15.7 Å². The highest BCUT2D eigenvalue weighted by Crippen LogP contribution is 2.36. The predicted octanol–water partition coefficient (Wildman–Crippen LogP) is 3.75. The monoisotopic (exact) mass is 357 g/mol. The van der Waals surface area contributed by atoms with Crippen molar-refractivity contribution in [2.24, 2.45) is 5.92 Å². The second-order valence-corrected chi connectivity index (χ2v) is 7.59. The first-order chi connectivity index (χ1) is 12.7. The third kappa shape index (κ3) is 4.25. The van der Waals surface area contributed by atoms with Crippen LogP contribution in [0.2, 0.25) is 0 Å². The van der Waals surface area contributed by atoms with Gasteiger partial charge >= 0.3 is 0 Å². The average Bonchev–Trinajstić information content (AvgIpc) is 3.26. The molecule has 2 heterocycles. The summed E-state index contributed by atoms with van der Waals surface area (Å²) in [5.41, 5.74) is 1.33. The number of unbranched alkanes of at least 4 members (excludes halogenated alkanes) is 2. The van der Waals surface area contributed by atoms with E-state index in [9.17, 15) is 9.59 Å². The van der Waals surface area contributed by atoms with Gasteiger partial charge in [0, 0.05) is 25.5 Å². The molecular weight excluding hydrogens is 326 g/mol. The number of hydrogen-bond donors (Lipinski definition) is 0. The van der Waals surface area contributed by atoms with Crippen LogP contribution in [0.4, 0.5) is 0 Å². The lowest BCUT2D eigenvalue weighted by molar-refractivity contribution is -0.141. The normalized spacial score (nSPS) is 23.6. The molecule has 1 aromatic rings. The molecular formula is C21H31N3O2. The van der Waals surface area contributed by atoms with Gasteiger partial charge in [-0.15, -0.1) is 0 Å². The van der Waals surface area contributed by atoms with Crippen LogP contribution in [0.15, 0.2) is 30.4 Å². The SMILES string of the molecule is CCCCCC1C(=O)C(=O)N(CCCn2ccnc2)C1C1=CCCCC1. The van der Waals surface area contributed by atoms with Crippen LogP contribution in [0.1, 0.15) is 64.7 Å². The summed E-state index contributed by atoms with van der Waals surface area (Å²) in [4.78, 5) is 31.4. The molecule has 2 aliphatic rings. The Labute approximate surface area is 156 Å². The zero-order chi connectivity index (χ0) is 18.4. The second-order valence-electron chi connectivity index (χ2n) is 7.59. The Hall–Kier alpha value is -1.91. The first-order valence-electron chi connectivity index (χ1n) is 10.2. The van der Waals surface area contributed by atoms with Crippen molar-refractivity contribution in [2.45, 2.75) is 77.3 Å². The molecule has 5 heteroatoms. The van der Waals surface area contributed by atoms with E-state index in [2.05, 4.69) is 18.0 Å². The topological polar surface area (TPSA) is 55.2 Å². The summed E-state index contributed by atoms with van der Waals surface area (Å²) in [6.45, 7) is 3.64. The number of ketones is 1. The van der Waals surface area contributed by atoms with Crippen molar-refractivity contribution in [1.82, 2.24) is 14.5 Å². The van der Waals surface area contributed by atoms with E-state index in [1.165, 1.54) is 18.4 Å². The lowest BCUT2D eigenvalue weighted by Gasteiger charge is -2.31. The minimum atomic E-state index is -0.256. The van der Waals surface area contributed by atoms with E-state index in [0.717, 1.165) is 51.5 Å². The van der Waals surface area contributed by atoms with Crippen molar-refractivity contribution < 1.29 is 9.59 Å². The number of rotatable bonds is 9. The Morgan fingerprint density at radius 2 is 2.04 bits per heavy atom. The quantitative estimate of drug-likeness (QED) is 0.384. The van der Waals surface area contributed by atoms with Gasteiger partial charge in [-0.2, -0.15) is 0 Å². The molecule has 0 bridgehead atoms. The summed E-state index contributed by atoms with van der Waals surface area (Å²) in [5.74, 6) is -0.541. The number of amides is 1. The number of carbonyl (C=O) groups excluding carboxylic acids is 2. The van der Waals surface area contributed by atoms with Gasteiger partial charge in [-0.05, 0) is 38.5 Å². The summed E-state index contributed by atoms with van der Waals surface area (Å²) >= 11 is 0. The molecule has 1 amide bonds. The summed E-state index contributed by atoms with van der Waals surface area (Å²) in [6, 6.07) is 0.00921. The number of carbonyl (C=O) groups is 2. The van der Waals surface area contributed by atoms with Gasteiger partial charge in [-0.3, -0.25) is 9.59 Å². The number of likely N-dealkylation sites (tertiary alicyclic amines) is 1. The fourth-order valence-electron chi connectivity index (χ4n) is 4.36. The third-order valence-electron chi connectivity index (χ3n) is 5.72. The molecule has 0 radical (unpaired) electrons. The lowest BCUT2D eigenvalue weighted by Crippen LogP contribution is -2.38. The molecule has 142 valence electrons. The van der Waals surface area contributed by atoms with Gasteiger partial charge in [0.15, 0.2) is 0 Å². The van der Waals surface area contributed by atoms with Gasteiger partial charge in [0.1, 0.15) is 0 Å². The Balaban J connectivity index is 1.71. The maximum absolute atomic E-state index is 12.7. The molecule has 2 unspecified atom stereocenters. The van der Waals surface area contributed by atoms with E-state index < -0.39 is 0 Å². The molecule has 0 N–H and O–H groups in total. The number of aromatic nitrogens is 2. The molecule has 1 aromatic heterocycles. The first-order valence-corrected chi connectivity index (χ1v) is 10.2. The van der Waals surface area contributed by atoms with Gasteiger partial charge in [0.2, 0.25) is 5.78 Å². The standard InChI is InChI=1S/C21H31N3O2/c1-2-3-5-11-18-19(17-9-6-4-7-10-17)24(21(26)20(18)25)14-8-13-23-15-12-22-16-23/h9,12,15-16,18-19H,2-8,10-11,13-14H2,1H3. The Bertz CT molecular complexity index is 636. The number of nitrogens with zero attached hydrogens (tertiary/aromatic N) is 3. The van der Waals surface area contributed by atoms with Crippen molar-refractivity contribution in [3.63, 3.8) is 0 Å². The van der Waals surface area contributed by atoms with Crippen LogP contribution < -0.4 is 0 Å². The van der Waals surface area contributed by atoms with Crippen LogP contribution in [0.3, 0.4) is 0 Å². The van der Waals surface area contributed by atoms with Crippen molar-refractivity contribution >= 4 is 11.7 Å². The summed E-state index contributed by atoms with van der Waals surface area (Å²) < 4.78 is 2.02. The molecule has 0 spiro atoms. The van der Waals surface area contributed by atoms with Crippen LogP contribution in [0.5, 0.6) is 0 Å². The van der Waals surface area contributed by atoms with E-state index in [4.69, 9.17) is 0 Å². The smallest absolute Gasteiger partial charge is 0.290 e. The molecule has 0 aromatic carbocycles. The minimum Gasteiger partial charge on any atom is -0.337 e. The van der Waals surface area contributed by atoms with Crippen LogP contribution in [-0.4, -0.2) is 38.7 Å². The molecule has 1 aliphatic carbocycles. The lowest BCUT2D eigenvalue weighted by atomic mass is 9.84. The van der Waals surface area contributed by atoms with Gasteiger partial charge in [-0.25, -0.2) is 4.98 Å². The Morgan fingerprint density at radius 1 is 1.15 bits per heavy atom. The molecule has 1 fully saturated rings. The van der Waals surface area contributed by atoms with Crippen molar-refractivity contribution in [2.75, 3.05) is 6.54 Å². The van der Waals surface area contributed by atoms with E-state index in [0.29, 0.717) is 6.54 Å². The van der Waals surface area contributed by atoms with E-state index in [-0.39, 0.29) is 23.7 Å². The third-order valence-corrected chi connectivity index (χ3v) is 5.72. The largest absolute Gasteiger partial charge is 0.337 e.